The Balaban J connectivity index is 2.31. The molecule has 1 fully saturated rings. The third-order valence-corrected chi connectivity index (χ3v) is 3.37. The molecule has 1 amide bonds. The van der Waals surface area contributed by atoms with Crippen LogP contribution in [-0.4, -0.2) is 37.3 Å². The molecule has 1 aromatic rings. The molecule has 4 heteroatoms. The van der Waals surface area contributed by atoms with Gasteiger partial charge in [-0.15, -0.1) is 11.8 Å². The zero-order chi connectivity index (χ0) is 12.4. The smallest absolute Gasteiger partial charge is 0.257 e. The molecule has 1 saturated carbocycles. The molecule has 17 heavy (non-hydrogen) atoms. The van der Waals surface area contributed by atoms with E-state index in [0.29, 0.717) is 11.7 Å². The van der Waals surface area contributed by atoms with Gasteiger partial charge in [0.25, 0.3) is 5.91 Å². The lowest BCUT2D eigenvalue weighted by molar-refractivity contribution is 0.0822. The molecule has 0 unspecified atom stereocenters. The standard InChI is InChI=1S/C13H17NO2S/c1-14(2)13(15)11-7-6-10(17-3)8-12(11)16-9-4-5-9/h6-9H,4-5H2,1-3H3. The Labute approximate surface area is 106 Å². The van der Waals surface area contributed by atoms with E-state index in [1.54, 1.807) is 30.8 Å². The van der Waals surface area contributed by atoms with Gasteiger partial charge in [0.1, 0.15) is 5.75 Å². The van der Waals surface area contributed by atoms with E-state index in [1.807, 2.05) is 24.5 Å². The highest BCUT2D eigenvalue weighted by atomic mass is 32.2. The van der Waals surface area contributed by atoms with Gasteiger partial charge in [-0.1, -0.05) is 0 Å². The molecule has 0 saturated heterocycles. The van der Waals surface area contributed by atoms with E-state index in [4.69, 9.17) is 4.74 Å². The Morgan fingerprint density at radius 2 is 2.12 bits per heavy atom. The predicted octanol–water partition coefficient (Wildman–Crippen LogP) is 2.65. The minimum absolute atomic E-state index is 0.00620. The first-order valence-corrected chi connectivity index (χ1v) is 6.90. The first-order chi connectivity index (χ1) is 8.11. The fraction of sp³-hybridized carbons (Fsp3) is 0.462. The highest BCUT2D eigenvalue weighted by molar-refractivity contribution is 7.98. The van der Waals surface area contributed by atoms with E-state index in [9.17, 15) is 4.79 Å². The zero-order valence-electron chi connectivity index (χ0n) is 10.4. The summed E-state index contributed by atoms with van der Waals surface area (Å²) in [5.41, 5.74) is 0.653. The van der Waals surface area contributed by atoms with Crippen molar-refractivity contribution in [2.45, 2.75) is 23.8 Å². The molecule has 1 aliphatic rings. The minimum atomic E-state index is -0.00620. The number of hydrogen-bond acceptors (Lipinski definition) is 3. The second-order valence-corrected chi connectivity index (χ2v) is 5.26. The summed E-state index contributed by atoms with van der Waals surface area (Å²) in [7, 11) is 3.51. The third kappa shape index (κ3) is 2.94. The van der Waals surface area contributed by atoms with Crippen molar-refractivity contribution in [1.82, 2.24) is 4.90 Å². The molecule has 0 radical (unpaired) electrons. The summed E-state index contributed by atoms with van der Waals surface area (Å²) in [4.78, 5) is 14.7. The molecule has 1 aliphatic carbocycles. The van der Waals surface area contributed by atoms with Crippen molar-refractivity contribution >= 4 is 17.7 Å². The number of hydrogen-bond donors (Lipinski definition) is 0. The summed E-state index contributed by atoms with van der Waals surface area (Å²) >= 11 is 1.65. The van der Waals surface area contributed by atoms with Gasteiger partial charge in [0.05, 0.1) is 11.7 Å². The number of carbonyl (C=O) groups excluding carboxylic acids is 1. The van der Waals surface area contributed by atoms with Crippen molar-refractivity contribution in [3.05, 3.63) is 23.8 Å². The predicted molar refractivity (Wildman–Crippen MR) is 69.9 cm³/mol. The number of benzene rings is 1. The van der Waals surface area contributed by atoms with Crippen LogP contribution in [0.4, 0.5) is 0 Å². The van der Waals surface area contributed by atoms with Crippen LogP contribution in [0.5, 0.6) is 5.75 Å². The van der Waals surface area contributed by atoms with Gasteiger partial charge >= 0.3 is 0 Å². The van der Waals surface area contributed by atoms with E-state index in [-0.39, 0.29) is 5.91 Å². The van der Waals surface area contributed by atoms with Crippen molar-refractivity contribution in [3.8, 4) is 5.75 Å². The molecule has 1 aromatic carbocycles. The number of thioether (sulfide) groups is 1. The fourth-order valence-electron chi connectivity index (χ4n) is 1.51. The molecular formula is C13H17NO2S. The molecule has 0 bridgehead atoms. The highest BCUT2D eigenvalue weighted by Gasteiger charge is 2.26. The Hall–Kier alpha value is -1.16. The van der Waals surface area contributed by atoms with Gasteiger partial charge < -0.3 is 9.64 Å². The van der Waals surface area contributed by atoms with Crippen LogP contribution in [0.15, 0.2) is 23.1 Å². The van der Waals surface area contributed by atoms with E-state index in [0.717, 1.165) is 23.5 Å². The normalized spacial score (nSPS) is 14.5. The fourth-order valence-corrected chi connectivity index (χ4v) is 1.94. The van der Waals surface area contributed by atoms with Crippen LogP contribution in [0.1, 0.15) is 23.2 Å². The largest absolute Gasteiger partial charge is 0.490 e. The van der Waals surface area contributed by atoms with Gasteiger partial charge in [-0.25, -0.2) is 0 Å². The number of ether oxygens (including phenoxy) is 1. The summed E-state index contributed by atoms with van der Waals surface area (Å²) in [5, 5.41) is 0. The summed E-state index contributed by atoms with van der Waals surface area (Å²) in [6, 6.07) is 5.77. The van der Waals surface area contributed by atoms with Crippen LogP contribution in [0.3, 0.4) is 0 Å². The Morgan fingerprint density at radius 1 is 1.41 bits per heavy atom. The maximum absolute atomic E-state index is 12.0. The van der Waals surface area contributed by atoms with Gasteiger partial charge in [0.15, 0.2) is 0 Å². The van der Waals surface area contributed by atoms with Crippen molar-refractivity contribution in [1.29, 1.82) is 0 Å². The summed E-state index contributed by atoms with van der Waals surface area (Å²) < 4.78 is 5.81. The van der Waals surface area contributed by atoms with Crippen molar-refractivity contribution in [2.75, 3.05) is 20.4 Å². The Kier molecular flexibility index (Phi) is 3.62. The van der Waals surface area contributed by atoms with Gasteiger partial charge in [0.2, 0.25) is 0 Å². The lowest BCUT2D eigenvalue weighted by Crippen LogP contribution is -2.22. The van der Waals surface area contributed by atoms with E-state index >= 15 is 0 Å². The number of nitrogens with zero attached hydrogens (tertiary/aromatic N) is 1. The van der Waals surface area contributed by atoms with Crippen LogP contribution in [-0.2, 0) is 0 Å². The van der Waals surface area contributed by atoms with Crippen molar-refractivity contribution in [2.24, 2.45) is 0 Å². The summed E-state index contributed by atoms with van der Waals surface area (Å²) in [6.45, 7) is 0. The molecule has 0 aromatic heterocycles. The van der Waals surface area contributed by atoms with Crippen molar-refractivity contribution < 1.29 is 9.53 Å². The van der Waals surface area contributed by atoms with Crippen LogP contribution < -0.4 is 4.74 Å². The van der Waals surface area contributed by atoms with Gasteiger partial charge in [0, 0.05) is 19.0 Å². The van der Waals surface area contributed by atoms with Gasteiger partial charge in [-0.3, -0.25) is 4.79 Å². The monoisotopic (exact) mass is 251 g/mol. The first kappa shape index (κ1) is 12.3. The molecule has 0 heterocycles. The Morgan fingerprint density at radius 3 is 2.65 bits per heavy atom. The van der Waals surface area contributed by atoms with Crippen LogP contribution >= 0.6 is 11.8 Å². The van der Waals surface area contributed by atoms with Crippen LogP contribution in [0.25, 0.3) is 0 Å². The van der Waals surface area contributed by atoms with Gasteiger partial charge in [-0.2, -0.15) is 0 Å². The molecule has 0 aliphatic heterocycles. The molecule has 92 valence electrons. The lowest BCUT2D eigenvalue weighted by Gasteiger charge is -2.15. The van der Waals surface area contributed by atoms with Crippen LogP contribution in [0, 0.1) is 0 Å². The highest BCUT2D eigenvalue weighted by Crippen LogP contribution is 2.32. The molecule has 3 nitrogen and oxygen atoms in total. The Bertz CT molecular complexity index is 427. The van der Waals surface area contributed by atoms with E-state index in [2.05, 4.69) is 0 Å². The molecule has 0 spiro atoms. The summed E-state index contributed by atoms with van der Waals surface area (Å²) in [6.07, 6.45) is 4.52. The molecule has 2 rings (SSSR count). The van der Waals surface area contributed by atoms with Crippen molar-refractivity contribution in [3.63, 3.8) is 0 Å². The molecule has 0 N–H and O–H groups in total. The summed E-state index contributed by atoms with van der Waals surface area (Å²) in [5.74, 6) is 0.714. The second-order valence-electron chi connectivity index (χ2n) is 4.38. The van der Waals surface area contributed by atoms with E-state index in [1.165, 1.54) is 0 Å². The topological polar surface area (TPSA) is 29.5 Å². The number of amides is 1. The number of rotatable bonds is 4. The average Bonchev–Trinajstić information content (AvgIpc) is 3.11. The van der Waals surface area contributed by atoms with Crippen LogP contribution in [0.2, 0.25) is 0 Å². The third-order valence-electron chi connectivity index (χ3n) is 2.64. The molecular weight excluding hydrogens is 234 g/mol. The van der Waals surface area contributed by atoms with Gasteiger partial charge in [-0.05, 0) is 37.3 Å². The van der Waals surface area contributed by atoms with E-state index < -0.39 is 0 Å². The second kappa shape index (κ2) is 5.00. The lowest BCUT2D eigenvalue weighted by atomic mass is 10.2. The maximum Gasteiger partial charge on any atom is 0.257 e. The quantitative estimate of drug-likeness (QED) is 0.770. The first-order valence-electron chi connectivity index (χ1n) is 5.68. The zero-order valence-corrected chi connectivity index (χ0v) is 11.2. The maximum atomic E-state index is 12.0. The SMILES string of the molecule is CSc1ccc(C(=O)N(C)C)c(OC2CC2)c1. The average molecular weight is 251 g/mol. The molecule has 0 atom stereocenters. The minimum Gasteiger partial charge on any atom is -0.490 e. The number of carbonyl (C=O) groups is 1.